The highest BCUT2D eigenvalue weighted by Gasteiger charge is 2.33. The topological polar surface area (TPSA) is 83.9 Å². The number of nitrogens with zero attached hydrogens (tertiary/aromatic N) is 1. The van der Waals surface area contributed by atoms with Gasteiger partial charge < -0.3 is 9.84 Å². The Bertz CT molecular complexity index is 661. The number of halogens is 1. The van der Waals surface area contributed by atoms with Gasteiger partial charge in [-0.05, 0) is 53.9 Å². The predicted octanol–water partition coefficient (Wildman–Crippen LogP) is 2.33. The second kappa shape index (κ2) is 6.97. The van der Waals surface area contributed by atoms with Crippen LogP contribution in [0.25, 0.3) is 0 Å². The first kappa shape index (κ1) is 17.2. The zero-order valence-corrected chi connectivity index (χ0v) is 14.6. The molecule has 22 heavy (non-hydrogen) atoms. The Labute approximate surface area is 138 Å². The summed E-state index contributed by atoms with van der Waals surface area (Å²) in [6, 6.07) is 4.57. The van der Waals surface area contributed by atoms with E-state index in [0.717, 1.165) is 0 Å². The van der Waals surface area contributed by atoms with Gasteiger partial charge in [0.2, 0.25) is 10.0 Å². The Hall–Kier alpha value is -1.12. The first-order chi connectivity index (χ1) is 10.4. The third-order valence-corrected chi connectivity index (χ3v) is 6.06. The molecule has 1 fully saturated rings. The lowest BCUT2D eigenvalue weighted by atomic mass is 10.0. The monoisotopic (exact) mass is 391 g/mol. The average Bonchev–Trinajstić information content (AvgIpc) is 2.49. The molecular formula is C14H18BrNO5S. The molecule has 1 atom stereocenters. The summed E-state index contributed by atoms with van der Waals surface area (Å²) in [6.45, 7) is 2.69. The number of benzene rings is 1. The van der Waals surface area contributed by atoms with Crippen molar-refractivity contribution in [2.45, 2.75) is 24.7 Å². The first-order valence-electron chi connectivity index (χ1n) is 7.01. The molecule has 1 aliphatic rings. The number of carboxylic acid groups (broad SMARTS) is 1. The van der Waals surface area contributed by atoms with Crippen LogP contribution in [0.1, 0.15) is 19.8 Å². The van der Waals surface area contributed by atoms with Crippen molar-refractivity contribution >= 4 is 31.9 Å². The van der Waals surface area contributed by atoms with Crippen molar-refractivity contribution in [2.75, 3.05) is 19.7 Å². The van der Waals surface area contributed by atoms with Gasteiger partial charge in [0.05, 0.1) is 21.9 Å². The van der Waals surface area contributed by atoms with Gasteiger partial charge in [-0.3, -0.25) is 4.79 Å². The summed E-state index contributed by atoms with van der Waals surface area (Å²) in [5.74, 6) is -1.02. The molecule has 0 amide bonds. The molecule has 1 aromatic rings. The molecule has 0 saturated carbocycles. The second-order valence-electron chi connectivity index (χ2n) is 5.07. The lowest BCUT2D eigenvalue weighted by Gasteiger charge is -2.29. The average molecular weight is 392 g/mol. The molecule has 0 aliphatic carbocycles. The molecule has 0 bridgehead atoms. The molecule has 0 spiro atoms. The van der Waals surface area contributed by atoms with Gasteiger partial charge in [0.25, 0.3) is 0 Å². The summed E-state index contributed by atoms with van der Waals surface area (Å²) in [5.41, 5.74) is 0. The zero-order valence-electron chi connectivity index (χ0n) is 12.2. The summed E-state index contributed by atoms with van der Waals surface area (Å²) in [4.78, 5) is 11.2. The molecule has 1 unspecified atom stereocenters. The maximum Gasteiger partial charge on any atom is 0.307 e. The third-order valence-electron chi connectivity index (χ3n) is 3.57. The van der Waals surface area contributed by atoms with Crippen molar-refractivity contribution in [3.05, 3.63) is 22.7 Å². The smallest absolute Gasteiger partial charge is 0.307 e. The van der Waals surface area contributed by atoms with E-state index < -0.39 is 21.9 Å². The molecule has 6 nitrogen and oxygen atoms in total. The molecule has 1 aliphatic heterocycles. The highest BCUT2D eigenvalue weighted by Crippen LogP contribution is 2.30. The van der Waals surface area contributed by atoms with Crippen LogP contribution in [0.5, 0.6) is 5.75 Å². The number of carbonyl (C=O) groups is 1. The van der Waals surface area contributed by atoms with Gasteiger partial charge in [-0.15, -0.1) is 0 Å². The summed E-state index contributed by atoms with van der Waals surface area (Å²) >= 11 is 3.30. The van der Waals surface area contributed by atoms with Crippen molar-refractivity contribution in [2.24, 2.45) is 5.92 Å². The van der Waals surface area contributed by atoms with E-state index in [9.17, 15) is 13.2 Å². The Morgan fingerprint density at radius 1 is 1.50 bits per heavy atom. The van der Waals surface area contributed by atoms with Gasteiger partial charge >= 0.3 is 5.97 Å². The maximum absolute atomic E-state index is 12.6. The number of aliphatic carboxylic acids is 1. The molecule has 8 heteroatoms. The number of hydrogen-bond donors (Lipinski definition) is 1. The highest BCUT2D eigenvalue weighted by molar-refractivity contribution is 9.10. The van der Waals surface area contributed by atoms with E-state index >= 15 is 0 Å². The van der Waals surface area contributed by atoms with E-state index in [4.69, 9.17) is 9.84 Å². The fourth-order valence-corrected chi connectivity index (χ4v) is 4.62. The summed E-state index contributed by atoms with van der Waals surface area (Å²) in [6.07, 6.45) is 1.06. The molecule has 2 rings (SSSR count). The number of carboxylic acids is 1. The zero-order chi connectivity index (χ0) is 16.3. The minimum atomic E-state index is -3.70. The lowest BCUT2D eigenvalue weighted by Crippen LogP contribution is -2.42. The highest BCUT2D eigenvalue weighted by atomic mass is 79.9. The van der Waals surface area contributed by atoms with Gasteiger partial charge in [-0.2, -0.15) is 4.31 Å². The van der Waals surface area contributed by atoms with E-state index in [2.05, 4.69) is 15.9 Å². The van der Waals surface area contributed by atoms with Crippen molar-refractivity contribution < 1.29 is 23.1 Å². The van der Waals surface area contributed by atoms with Crippen LogP contribution in [-0.4, -0.2) is 43.5 Å². The fraction of sp³-hybridized carbons (Fsp3) is 0.500. The Morgan fingerprint density at radius 3 is 2.82 bits per heavy atom. The van der Waals surface area contributed by atoms with Crippen LogP contribution in [0.15, 0.2) is 27.6 Å². The van der Waals surface area contributed by atoms with E-state index in [-0.39, 0.29) is 11.4 Å². The first-order valence-corrected chi connectivity index (χ1v) is 9.25. The van der Waals surface area contributed by atoms with Crippen LogP contribution in [0.3, 0.4) is 0 Å². The van der Waals surface area contributed by atoms with Gasteiger partial charge in [-0.1, -0.05) is 0 Å². The number of sulfonamides is 1. The number of piperidine rings is 1. The Morgan fingerprint density at radius 2 is 2.23 bits per heavy atom. The van der Waals surface area contributed by atoms with Gasteiger partial charge in [-0.25, -0.2) is 8.42 Å². The van der Waals surface area contributed by atoms with Crippen molar-refractivity contribution in [3.63, 3.8) is 0 Å². The molecule has 122 valence electrons. The van der Waals surface area contributed by atoms with E-state index in [1.54, 1.807) is 6.07 Å². The number of ether oxygens (including phenoxy) is 1. The van der Waals surface area contributed by atoms with E-state index in [1.807, 2.05) is 6.92 Å². The SMILES string of the molecule is CCOc1ccc(S(=O)(=O)N2CCCC(C(=O)O)C2)cc1Br. The predicted molar refractivity (Wildman–Crippen MR) is 84.4 cm³/mol. The van der Waals surface area contributed by atoms with Gasteiger partial charge in [0.1, 0.15) is 5.75 Å². The van der Waals surface area contributed by atoms with Crippen LogP contribution in [0.4, 0.5) is 0 Å². The van der Waals surface area contributed by atoms with Crippen LogP contribution >= 0.6 is 15.9 Å². The normalized spacial score (nSPS) is 19.8. The standard InChI is InChI=1S/C14H18BrNO5S/c1-2-21-13-6-5-11(8-12(13)15)22(19,20)16-7-3-4-10(9-16)14(17)18/h5-6,8,10H,2-4,7,9H2,1H3,(H,17,18). The fourth-order valence-electron chi connectivity index (χ4n) is 2.43. The molecule has 1 N–H and O–H groups in total. The van der Waals surface area contributed by atoms with E-state index in [1.165, 1.54) is 16.4 Å². The number of rotatable bonds is 5. The second-order valence-corrected chi connectivity index (χ2v) is 7.86. The quantitative estimate of drug-likeness (QED) is 0.832. The molecule has 1 saturated heterocycles. The van der Waals surface area contributed by atoms with Gasteiger partial charge in [0.15, 0.2) is 0 Å². The van der Waals surface area contributed by atoms with E-state index in [0.29, 0.717) is 36.2 Å². The van der Waals surface area contributed by atoms with Crippen molar-refractivity contribution in [1.29, 1.82) is 0 Å². The summed E-state index contributed by atoms with van der Waals surface area (Å²) in [5, 5.41) is 9.09. The summed E-state index contributed by atoms with van der Waals surface area (Å²) in [7, 11) is -3.70. The van der Waals surface area contributed by atoms with Crippen LogP contribution < -0.4 is 4.74 Å². The van der Waals surface area contributed by atoms with Crippen LogP contribution in [0, 0.1) is 5.92 Å². The Balaban J connectivity index is 2.26. The number of hydrogen-bond acceptors (Lipinski definition) is 4. The van der Waals surface area contributed by atoms with Crippen LogP contribution in [0.2, 0.25) is 0 Å². The van der Waals surface area contributed by atoms with Crippen LogP contribution in [-0.2, 0) is 14.8 Å². The molecule has 0 radical (unpaired) electrons. The minimum absolute atomic E-state index is 0.0164. The van der Waals surface area contributed by atoms with Crippen molar-refractivity contribution in [1.82, 2.24) is 4.31 Å². The van der Waals surface area contributed by atoms with Gasteiger partial charge in [0, 0.05) is 13.1 Å². The summed E-state index contributed by atoms with van der Waals surface area (Å²) < 4.78 is 32.5. The third kappa shape index (κ3) is 3.61. The molecule has 0 aromatic heterocycles. The minimum Gasteiger partial charge on any atom is -0.493 e. The largest absolute Gasteiger partial charge is 0.493 e. The maximum atomic E-state index is 12.6. The molecule has 1 aromatic carbocycles. The molecular weight excluding hydrogens is 374 g/mol. The van der Waals surface area contributed by atoms with Crippen molar-refractivity contribution in [3.8, 4) is 5.75 Å². The lowest BCUT2D eigenvalue weighted by molar-refractivity contribution is -0.142. The Kier molecular flexibility index (Phi) is 5.46. The molecule has 1 heterocycles.